The third-order valence-corrected chi connectivity index (χ3v) is 3.43. The van der Waals surface area contributed by atoms with Gasteiger partial charge in [0.25, 0.3) is 0 Å². The summed E-state index contributed by atoms with van der Waals surface area (Å²) >= 11 is 0. The smallest absolute Gasteiger partial charge is 0.0645 e. The van der Waals surface area contributed by atoms with Gasteiger partial charge < -0.3 is 15.5 Å². The summed E-state index contributed by atoms with van der Waals surface area (Å²) in [5, 5.41) is 21.9. The molecule has 1 atom stereocenters. The third kappa shape index (κ3) is 3.59. The summed E-state index contributed by atoms with van der Waals surface area (Å²) in [5.74, 6) is 0.652. The zero-order chi connectivity index (χ0) is 11.1. The lowest BCUT2D eigenvalue weighted by atomic mass is 9.92. The van der Waals surface area contributed by atoms with E-state index in [1.54, 1.807) is 0 Å². The first-order chi connectivity index (χ1) is 7.26. The zero-order valence-corrected chi connectivity index (χ0v) is 9.58. The Morgan fingerprint density at radius 3 is 2.53 bits per heavy atom. The highest BCUT2D eigenvalue weighted by molar-refractivity contribution is 4.93. The van der Waals surface area contributed by atoms with Crippen LogP contribution in [0.1, 0.15) is 32.6 Å². The molecule has 0 fully saturated rings. The normalized spacial score (nSPS) is 21.9. The molecule has 88 valence electrons. The molecule has 0 bridgehead atoms. The van der Waals surface area contributed by atoms with Crippen LogP contribution in [0, 0.1) is 5.92 Å². The van der Waals surface area contributed by atoms with Gasteiger partial charge >= 0.3 is 0 Å². The van der Waals surface area contributed by atoms with Crippen LogP contribution in [0.5, 0.6) is 0 Å². The third-order valence-electron chi connectivity index (χ3n) is 3.43. The quantitative estimate of drug-likeness (QED) is 0.578. The molecule has 3 heteroatoms. The fourth-order valence-electron chi connectivity index (χ4n) is 1.91. The van der Waals surface area contributed by atoms with E-state index in [0.29, 0.717) is 5.92 Å². The van der Waals surface area contributed by atoms with Crippen molar-refractivity contribution in [1.82, 2.24) is 5.32 Å². The first-order valence-electron chi connectivity index (χ1n) is 5.88. The molecular formula is C12H23NO2. The van der Waals surface area contributed by atoms with Crippen LogP contribution in [0.15, 0.2) is 12.2 Å². The standard InChI is InChI=1S/C12H23NO2/c1-2-12(9-14,10-15)13-8-11-6-4-3-5-7-11/h3-4,11,13-15H,2,5-10H2,1H3. The Morgan fingerprint density at radius 1 is 1.33 bits per heavy atom. The second kappa shape index (κ2) is 6.26. The summed E-state index contributed by atoms with van der Waals surface area (Å²) in [7, 11) is 0. The molecule has 1 unspecified atom stereocenters. The van der Waals surface area contributed by atoms with Crippen molar-refractivity contribution < 1.29 is 10.2 Å². The lowest BCUT2D eigenvalue weighted by Gasteiger charge is -2.32. The highest BCUT2D eigenvalue weighted by atomic mass is 16.3. The average Bonchev–Trinajstić information content (AvgIpc) is 2.33. The molecule has 0 aromatic rings. The summed E-state index contributed by atoms with van der Waals surface area (Å²) in [4.78, 5) is 0. The summed E-state index contributed by atoms with van der Waals surface area (Å²) in [6, 6.07) is 0. The van der Waals surface area contributed by atoms with Gasteiger partial charge in [-0.3, -0.25) is 0 Å². The summed E-state index contributed by atoms with van der Waals surface area (Å²) in [5.41, 5.74) is -0.485. The van der Waals surface area contributed by atoms with Crippen molar-refractivity contribution in [2.24, 2.45) is 5.92 Å². The molecule has 1 aliphatic rings. The van der Waals surface area contributed by atoms with E-state index in [1.807, 2.05) is 6.92 Å². The number of allylic oxidation sites excluding steroid dienone is 2. The molecule has 0 saturated carbocycles. The van der Waals surface area contributed by atoms with Gasteiger partial charge in [-0.2, -0.15) is 0 Å². The van der Waals surface area contributed by atoms with Gasteiger partial charge in [0.2, 0.25) is 0 Å². The minimum Gasteiger partial charge on any atom is -0.394 e. The minimum atomic E-state index is -0.485. The lowest BCUT2D eigenvalue weighted by Crippen LogP contribution is -2.52. The molecule has 0 aliphatic heterocycles. The number of hydrogen-bond acceptors (Lipinski definition) is 3. The van der Waals surface area contributed by atoms with E-state index in [0.717, 1.165) is 25.8 Å². The number of aliphatic hydroxyl groups excluding tert-OH is 2. The predicted molar refractivity (Wildman–Crippen MR) is 61.7 cm³/mol. The monoisotopic (exact) mass is 213 g/mol. The van der Waals surface area contributed by atoms with E-state index < -0.39 is 5.54 Å². The van der Waals surface area contributed by atoms with Crippen LogP contribution in [-0.4, -0.2) is 35.5 Å². The van der Waals surface area contributed by atoms with Crippen LogP contribution in [0.4, 0.5) is 0 Å². The predicted octanol–water partition coefficient (Wildman–Crippen LogP) is 1.07. The second-order valence-electron chi connectivity index (χ2n) is 4.48. The molecule has 3 N–H and O–H groups in total. The highest BCUT2D eigenvalue weighted by Gasteiger charge is 2.26. The Balaban J connectivity index is 2.35. The molecule has 1 rings (SSSR count). The molecule has 3 nitrogen and oxygen atoms in total. The van der Waals surface area contributed by atoms with Gasteiger partial charge in [-0.05, 0) is 38.1 Å². The first-order valence-corrected chi connectivity index (χ1v) is 5.88. The number of aliphatic hydroxyl groups is 2. The fourth-order valence-corrected chi connectivity index (χ4v) is 1.91. The highest BCUT2D eigenvalue weighted by Crippen LogP contribution is 2.18. The van der Waals surface area contributed by atoms with E-state index in [2.05, 4.69) is 17.5 Å². The minimum absolute atomic E-state index is 0.00254. The number of nitrogens with one attached hydrogen (secondary N) is 1. The largest absolute Gasteiger partial charge is 0.394 e. The van der Waals surface area contributed by atoms with Gasteiger partial charge in [0, 0.05) is 0 Å². The van der Waals surface area contributed by atoms with Gasteiger partial charge in [0.15, 0.2) is 0 Å². The lowest BCUT2D eigenvalue weighted by molar-refractivity contribution is 0.0836. The van der Waals surface area contributed by atoms with Crippen molar-refractivity contribution in [3.63, 3.8) is 0 Å². The maximum absolute atomic E-state index is 9.27. The van der Waals surface area contributed by atoms with Crippen molar-refractivity contribution in [3.05, 3.63) is 12.2 Å². The zero-order valence-electron chi connectivity index (χ0n) is 9.58. The molecule has 0 spiro atoms. The summed E-state index contributed by atoms with van der Waals surface area (Å²) in [6.45, 7) is 2.88. The van der Waals surface area contributed by atoms with Crippen molar-refractivity contribution in [2.45, 2.75) is 38.1 Å². The molecule has 0 saturated heterocycles. The Morgan fingerprint density at radius 2 is 2.07 bits per heavy atom. The van der Waals surface area contributed by atoms with E-state index in [1.165, 1.54) is 6.42 Å². The first kappa shape index (κ1) is 12.7. The average molecular weight is 213 g/mol. The molecule has 0 aromatic heterocycles. The molecular weight excluding hydrogens is 190 g/mol. The van der Waals surface area contributed by atoms with Crippen molar-refractivity contribution in [1.29, 1.82) is 0 Å². The van der Waals surface area contributed by atoms with Crippen molar-refractivity contribution in [3.8, 4) is 0 Å². The molecule has 15 heavy (non-hydrogen) atoms. The maximum atomic E-state index is 9.27. The second-order valence-corrected chi connectivity index (χ2v) is 4.48. The van der Waals surface area contributed by atoms with Crippen LogP contribution in [-0.2, 0) is 0 Å². The summed E-state index contributed by atoms with van der Waals surface area (Å²) < 4.78 is 0. The summed E-state index contributed by atoms with van der Waals surface area (Å²) in [6.07, 6.45) is 8.68. The molecule has 0 heterocycles. The van der Waals surface area contributed by atoms with Gasteiger partial charge in [-0.1, -0.05) is 19.1 Å². The van der Waals surface area contributed by atoms with Crippen LogP contribution >= 0.6 is 0 Å². The SMILES string of the molecule is CCC(CO)(CO)NCC1CC=CCC1. The van der Waals surface area contributed by atoms with Crippen LogP contribution < -0.4 is 5.32 Å². The molecule has 0 radical (unpaired) electrons. The van der Waals surface area contributed by atoms with E-state index >= 15 is 0 Å². The number of rotatable bonds is 6. The van der Waals surface area contributed by atoms with Gasteiger partial charge in [-0.25, -0.2) is 0 Å². The van der Waals surface area contributed by atoms with Gasteiger partial charge in [0.1, 0.15) is 0 Å². The molecule has 0 amide bonds. The van der Waals surface area contributed by atoms with E-state index in [-0.39, 0.29) is 13.2 Å². The van der Waals surface area contributed by atoms with Crippen molar-refractivity contribution in [2.75, 3.05) is 19.8 Å². The van der Waals surface area contributed by atoms with Gasteiger partial charge in [0.05, 0.1) is 18.8 Å². The van der Waals surface area contributed by atoms with Crippen LogP contribution in [0.2, 0.25) is 0 Å². The Kier molecular flexibility index (Phi) is 5.29. The molecule has 1 aliphatic carbocycles. The topological polar surface area (TPSA) is 52.5 Å². The Labute approximate surface area is 92.2 Å². The number of hydrogen-bond donors (Lipinski definition) is 3. The van der Waals surface area contributed by atoms with E-state index in [9.17, 15) is 10.2 Å². The Hall–Kier alpha value is -0.380. The fraction of sp³-hybridized carbons (Fsp3) is 0.833. The Bertz CT molecular complexity index is 192. The van der Waals surface area contributed by atoms with Crippen LogP contribution in [0.3, 0.4) is 0 Å². The van der Waals surface area contributed by atoms with E-state index in [4.69, 9.17) is 0 Å². The van der Waals surface area contributed by atoms with Gasteiger partial charge in [-0.15, -0.1) is 0 Å². The molecule has 0 aromatic carbocycles. The van der Waals surface area contributed by atoms with Crippen LogP contribution in [0.25, 0.3) is 0 Å². The van der Waals surface area contributed by atoms with Crippen molar-refractivity contribution >= 4 is 0 Å². The maximum Gasteiger partial charge on any atom is 0.0645 e.